The van der Waals surface area contributed by atoms with Gasteiger partial charge in [0.05, 0.1) is 11.8 Å². The minimum atomic E-state index is 0.474. The van der Waals surface area contributed by atoms with Crippen molar-refractivity contribution in [1.82, 2.24) is 15.1 Å². The van der Waals surface area contributed by atoms with Crippen LogP contribution in [0, 0.1) is 13.8 Å². The molecule has 1 aliphatic heterocycles. The number of hydrogen-bond acceptors (Lipinski definition) is 3. The number of nitrogens with one attached hydrogen (secondary N) is 1. The molecule has 0 bridgehead atoms. The van der Waals surface area contributed by atoms with Gasteiger partial charge in [0.25, 0.3) is 0 Å². The molecule has 2 atom stereocenters. The number of nitrogens with zero attached hydrogens (tertiary/aromatic N) is 2. The smallest absolute Gasteiger partial charge is 0.0596 e. The first-order valence-electron chi connectivity index (χ1n) is 8.05. The molecule has 2 unspecified atom stereocenters. The monoisotopic (exact) mass is 279 g/mol. The Bertz CT molecular complexity index is 400. The minimum Gasteiger partial charge on any atom is -0.378 e. The summed E-state index contributed by atoms with van der Waals surface area (Å²) in [6, 6.07) is 2.78. The average molecular weight is 279 g/mol. The van der Waals surface area contributed by atoms with Crippen LogP contribution >= 0.6 is 0 Å². The average Bonchev–Trinajstić information content (AvgIpc) is 2.74. The first-order valence-corrected chi connectivity index (χ1v) is 8.05. The Kier molecular flexibility index (Phi) is 6.05. The molecule has 0 saturated carbocycles. The highest BCUT2D eigenvalue weighted by Gasteiger charge is 2.21. The fourth-order valence-electron chi connectivity index (χ4n) is 3.03. The van der Waals surface area contributed by atoms with Crippen LogP contribution in [0.25, 0.3) is 0 Å². The van der Waals surface area contributed by atoms with Gasteiger partial charge in [-0.1, -0.05) is 13.3 Å². The van der Waals surface area contributed by atoms with Crippen molar-refractivity contribution in [3.05, 3.63) is 17.5 Å². The molecule has 4 nitrogen and oxygen atoms in total. The summed E-state index contributed by atoms with van der Waals surface area (Å²) in [6.07, 6.45) is 6.35. The molecule has 1 aromatic heterocycles. The summed E-state index contributed by atoms with van der Waals surface area (Å²) in [6.45, 7) is 9.41. The van der Waals surface area contributed by atoms with E-state index in [1.807, 2.05) is 0 Å². The van der Waals surface area contributed by atoms with Crippen LogP contribution in [0.5, 0.6) is 0 Å². The molecule has 0 aromatic carbocycles. The molecule has 2 heterocycles. The highest BCUT2D eigenvalue weighted by Crippen LogP contribution is 2.17. The first-order chi connectivity index (χ1) is 9.69. The molecule has 0 aliphatic carbocycles. The van der Waals surface area contributed by atoms with Gasteiger partial charge in [-0.2, -0.15) is 5.10 Å². The van der Waals surface area contributed by atoms with Gasteiger partial charge < -0.3 is 10.1 Å². The van der Waals surface area contributed by atoms with Crippen molar-refractivity contribution in [1.29, 1.82) is 0 Å². The quantitative estimate of drug-likeness (QED) is 0.780. The Morgan fingerprint density at radius 1 is 1.45 bits per heavy atom. The third kappa shape index (κ3) is 4.60. The zero-order valence-corrected chi connectivity index (χ0v) is 13.2. The third-order valence-corrected chi connectivity index (χ3v) is 4.06. The topological polar surface area (TPSA) is 39.1 Å². The van der Waals surface area contributed by atoms with E-state index in [9.17, 15) is 0 Å². The Labute approximate surface area is 122 Å². The summed E-state index contributed by atoms with van der Waals surface area (Å²) in [4.78, 5) is 0. The van der Waals surface area contributed by atoms with Crippen LogP contribution in [0.2, 0.25) is 0 Å². The molecule has 1 saturated heterocycles. The zero-order valence-electron chi connectivity index (χ0n) is 13.2. The van der Waals surface area contributed by atoms with Gasteiger partial charge in [0, 0.05) is 24.9 Å². The van der Waals surface area contributed by atoms with Gasteiger partial charge in [-0.3, -0.25) is 4.68 Å². The third-order valence-electron chi connectivity index (χ3n) is 4.06. The molecule has 1 N–H and O–H groups in total. The second-order valence-corrected chi connectivity index (χ2v) is 5.96. The van der Waals surface area contributed by atoms with E-state index in [0.29, 0.717) is 12.1 Å². The molecule has 114 valence electrons. The van der Waals surface area contributed by atoms with Gasteiger partial charge in [0.2, 0.25) is 0 Å². The Balaban J connectivity index is 1.64. The summed E-state index contributed by atoms with van der Waals surface area (Å²) in [7, 11) is 0. The van der Waals surface area contributed by atoms with Crippen LogP contribution in [-0.2, 0) is 11.3 Å². The lowest BCUT2D eigenvalue weighted by Gasteiger charge is -2.30. The van der Waals surface area contributed by atoms with Crippen LogP contribution in [0.4, 0.5) is 0 Å². The van der Waals surface area contributed by atoms with E-state index in [0.717, 1.165) is 38.2 Å². The number of ether oxygens (including phenoxy) is 1. The summed E-state index contributed by atoms with van der Waals surface area (Å²) in [5, 5.41) is 8.19. The molecular formula is C16H29N3O. The van der Waals surface area contributed by atoms with Crippen molar-refractivity contribution in [3.63, 3.8) is 0 Å². The molecule has 0 amide bonds. The van der Waals surface area contributed by atoms with Crippen LogP contribution in [0.1, 0.15) is 50.4 Å². The normalized spacial score (nSPS) is 23.1. The fourth-order valence-corrected chi connectivity index (χ4v) is 3.03. The number of aryl methyl sites for hydroxylation is 3. The number of aromatic nitrogens is 2. The van der Waals surface area contributed by atoms with Gasteiger partial charge in [0.15, 0.2) is 0 Å². The van der Waals surface area contributed by atoms with E-state index in [1.165, 1.54) is 25.0 Å². The molecular weight excluding hydrogens is 250 g/mol. The van der Waals surface area contributed by atoms with Gasteiger partial charge in [-0.15, -0.1) is 0 Å². The molecule has 1 aromatic rings. The predicted molar refractivity (Wildman–Crippen MR) is 82.0 cm³/mol. The maximum atomic E-state index is 5.79. The summed E-state index contributed by atoms with van der Waals surface area (Å²) in [5.74, 6) is 0. The van der Waals surface area contributed by atoms with Crippen molar-refractivity contribution in [2.75, 3.05) is 13.2 Å². The van der Waals surface area contributed by atoms with Crippen molar-refractivity contribution in [2.24, 2.45) is 0 Å². The molecule has 2 rings (SSSR count). The van der Waals surface area contributed by atoms with Crippen LogP contribution in [0.3, 0.4) is 0 Å². The zero-order chi connectivity index (χ0) is 14.4. The van der Waals surface area contributed by atoms with E-state index in [1.54, 1.807) is 0 Å². The summed E-state index contributed by atoms with van der Waals surface area (Å²) in [5.41, 5.74) is 2.37. The number of rotatable bonds is 7. The van der Waals surface area contributed by atoms with Crippen LogP contribution < -0.4 is 5.32 Å². The maximum absolute atomic E-state index is 5.79. The van der Waals surface area contributed by atoms with Crippen molar-refractivity contribution in [2.45, 2.75) is 71.6 Å². The predicted octanol–water partition coefficient (Wildman–Crippen LogP) is 2.83. The van der Waals surface area contributed by atoms with Gasteiger partial charge in [0.1, 0.15) is 0 Å². The molecule has 4 heteroatoms. The van der Waals surface area contributed by atoms with Crippen LogP contribution in [0.15, 0.2) is 6.07 Å². The highest BCUT2D eigenvalue weighted by atomic mass is 16.5. The Morgan fingerprint density at radius 2 is 2.30 bits per heavy atom. The van der Waals surface area contributed by atoms with Crippen molar-refractivity contribution in [3.8, 4) is 0 Å². The molecule has 1 fully saturated rings. The number of hydrogen-bond donors (Lipinski definition) is 1. The van der Waals surface area contributed by atoms with E-state index >= 15 is 0 Å². The van der Waals surface area contributed by atoms with E-state index in [4.69, 9.17) is 4.74 Å². The maximum Gasteiger partial charge on any atom is 0.0596 e. The minimum absolute atomic E-state index is 0.474. The van der Waals surface area contributed by atoms with E-state index < -0.39 is 0 Å². The molecule has 1 aliphatic rings. The van der Waals surface area contributed by atoms with Gasteiger partial charge in [-0.05, 0) is 52.1 Å². The van der Waals surface area contributed by atoms with E-state index in [2.05, 4.69) is 41.9 Å². The largest absolute Gasteiger partial charge is 0.378 e. The summed E-state index contributed by atoms with van der Waals surface area (Å²) >= 11 is 0. The van der Waals surface area contributed by atoms with Crippen molar-refractivity contribution < 1.29 is 4.74 Å². The SMILES string of the molecule is CCCC1CC(NCCCn2nc(C)cc2C)CCO1. The molecule has 20 heavy (non-hydrogen) atoms. The van der Waals surface area contributed by atoms with Gasteiger partial charge >= 0.3 is 0 Å². The summed E-state index contributed by atoms with van der Waals surface area (Å²) < 4.78 is 7.90. The second-order valence-electron chi connectivity index (χ2n) is 5.96. The van der Waals surface area contributed by atoms with Crippen LogP contribution in [-0.4, -0.2) is 35.1 Å². The Morgan fingerprint density at radius 3 is 3.00 bits per heavy atom. The van der Waals surface area contributed by atoms with Gasteiger partial charge in [-0.25, -0.2) is 0 Å². The highest BCUT2D eigenvalue weighted by molar-refractivity contribution is 5.06. The Hall–Kier alpha value is -0.870. The fraction of sp³-hybridized carbons (Fsp3) is 0.812. The molecule has 0 spiro atoms. The lowest BCUT2D eigenvalue weighted by molar-refractivity contribution is -0.00314. The molecule has 0 radical (unpaired) electrons. The standard InChI is InChI=1S/C16H29N3O/c1-4-6-16-12-15(7-10-20-16)17-8-5-9-19-14(3)11-13(2)18-19/h11,15-17H,4-10,12H2,1-3H3. The first kappa shape index (κ1) is 15.5. The lowest BCUT2D eigenvalue weighted by atomic mass is 10.00. The second kappa shape index (κ2) is 7.79. The van der Waals surface area contributed by atoms with Crippen molar-refractivity contribution >= 4 is 0 Å². The van der Waals surface area contributed by atoms with E-state index in [-0.39, 0.29) is 0 Å². The lowest BCUT2D eigenvalue weighted by Crippen LogP contribution is -2.39.